The number of fused-ring (bicyclic) bond motifs is 2. The molecule has 5 rings (SSSR count). The van der Waals surface area contributed by atoms with Crippen molar-refractivity contribution in [1.82, 2.24) is 14.6 Å². The van der Waals surface area contributed by atoms with Crippen LogP contribution in [0.15, 0.2) is 71.5 Å². The van der Waals surface area contributed by atoms with Gasteiger partial charge in [-0.1, -0.05) is 77.6 Å². The first kappa shape index (κ1) is 15.9. The van der Waals surface area contributed by atoms with E-state index < -0.39 is 0 Å². The molecule has 5 aromatic rings. The highest BCUT2D eigenvalue weighted by Crippen LogP contribution is 2.20. The Morgan fingerprint density at radius 2 is 1.81 bits per heavy atom. The van der Waals surface area contributed by atoms with Crippen molar-refractivity contribution in [1.29, 1.82) is 0 Å². The van der Waals surface area contributed by atoms with Crippen molar-refractivity contribution in [3.63, 3.8) is 0 Å². The second kappa shape index (κ2) is 6.14. The molecule has 0 aliphatic heterocycles. The lowest BCUT2D eigenvalue weighted by Crippen LogP contribution is -2.23. The molecule has 27 heavy (non-hydrogen) atoms. The fourth-order valence-corrected chi connectivity index (χ4v) is 4.16. The van der Waals surface area contributed by atoms with E-state index in [-0.39, 0.29) is 5.56 Å². The van der Waals surface area contributed by atoms with Crippen molar-refractivity contribution in [2.75, 3.05) is 0 Å². The lowest BCUT2D eigenvalue weighted by molar-refractivity contribution is 0.936. The Balaban J connectivity index is 1.67. The minimum absolute atomic E-state index is 0.130. The normalized spacial score (nSPS) is 12.3. The summed E-state index contributed by atoms with van der Waals surface area (Å²) in [5, 5.41) is 6.71. The molecule has 3 aromatic carbocycles. The highest BCUT2D eigenvalue weighted by atomic mass is 32.1. The average molecular weight is 369 g/mol. The molecule has 5 heteroatoms. The van der Waals surface area contributed by atoms with Crippen LogP contribution in [0, 0.1) is 6.92 Å². The van der Waals surface area contributed by atoms with E-state index >= 15 is 0 Å². The van der Waals surface area contributed by atoms with Crippen molar-refractivity contribution < 1.29 is 0 Å². The Morgan fingerprint density at radius 1 is 1.00 bits per heavy atom. The molecule has 0 atom stereocenters. The monoisotopic (exact) mass is 369 g/mol. The molecule has 2 heterocycles. The summed E-state index contributed by atoms with van der Waals surface area (Å²) in [6.45, 7) is 2.03. The summed E-state index contributed by atoms with van der Waals surface area (Å²) < 4.78 is 2.04. The van der Waals surface area contributed by atoms with Gasteiger partial charge in [-0.3, -0.25) is 4.79 Å². The number of benzene rings is 3. The van der Waals surface area contributed by atoms with Gasteiger partial charge in [0.25, 0.3) is 5.56 Å². The standard InChI is InChI=1S/C22H15N3OS/c1-14-6-4-10-17(12-14)20-23-22-25(24-20)21(26)19(27-22)13-16-9-5-8-15-7-2-3-11-18(15)16/h2-13H,1H3/b19-13+. The van der Waals surface area contributed by atoms with Crippen LogP contribution in [0.3, 0.4) is 0 Å². The number of thiazole rings is 1. The van der Waals surface area contributed by atoms with Crippen LogP contribution in [0.5, 0.6) is 0 Å². The highest BCUT2D eigenvalue weighted by molar-refractivity contribution is 7.15. The number of rotatable bonds is 2. The van der Waals surface area contributed by atoms with Gasteiger partial charge in [0.05, 0.1) is 4.53 Å². The molecular formula is C22H15N3OS. The first-order valence-electron chi connectivity index (χ1n) is 8.65. The van der Waals surface area contributed by atoms with Gasteiger partial charge in [-0.25, -0.2) is 0 Å². The van der Waals surface area contributed by atoms with Crippen LogP contribution in [0.1, 0.15) is 11.1 Å². The quantitative estimate of drug-likeness (QED) is 0.475. The number of hydrogen-bond acceptors (Lipinski definition) is 4. The number of aromatic nitrogens is 3. The Labute approximate surface area is 159 Å². The molecule has 0 fully saturated rings. The molecule has 0 aliphatic carbocycles. The zero-order chi connectivity index (χ0) is 18.4. The van der Waals surface area contributed by atoms with E-state index in [4.69, 9.17) is 0 Å². The third-order valence-corrected chi connectivity index (χ3v) is 5.53. The van der Waals surface area contributed by atoms with Crippen LogP contribution in [-0.2, 0) is 0 Å². The van der Waals surface area contributed by atoms with Crippen LogP contribution in [0.25, 0.3) is 33.2 Å². The number of aryl methyl sites for hydroxylation is 1. The lowest BCUT2D eigenvalue weighted by Gasteiger charge is -2.00. The van der Waals surface area contributed by atoms with E-state index in [9.17, 15) is 4.79 Å². The molecule has 0 amide bonds. The fraction of sp³-hybridized carbons (Fsp3) is 0.0455. The topological polar surface area (TPSA) is 47.3 Å². The van der Waals surface area contributed by atoms with Crippen molar-refractivity contribution in [2.24, 2.45) is 0 Å². The molecule has 0 unspecified atom stereocenters. The minimum Gasteiger partial charge on any atom is -0.266 e. The van der Waals surface area contributed by atoms with E-state index in [0.717, 1.165) is 27.5 Å². The zero-order valence-corrected chi connectivity index (χ0v) is 15.4. The van der Waals surface area contributed by atoms with Crippen LogP contribution in [0.4, 0.5) is 0 Å². The first-order chi connectivity index (χ1) is 13.2. The molecule has 130 valence electrons. The Hall–Kier alpha value is -3.31. The molecule has 0 saturated heterocycles. The van der Waals surface area contributed by atoms with Gasteiger partial charge < -0.3 is 0 Å². The summed E-state index contributed by atoms with van der Waals surface area (Å²) in [6.07, 6.45) is 1.93. The highest BCUT2D eigenvalue weighted by Gasteiger charge is 2.12. The summed E-state index contributed by atoms with van der Waals surface area (Å²) in [6, 6.07) is 22.2. The van der Waals surface area contributed by atoms with Gasteiger partial charge in [0.2, 0.25) is 4.96 Å². The van der Waals surface area contributed by atoms with Crippen molar-refractivity contribution >= 4 is 33.1 Å². The van der Waals surface area contributed by atoms with Crippen molar-refractivity contribution in [2.45, 2.75) is 6.92 Å². The van der Waals surface area contributed by atoms with E-state index in [0.29, 0.717) is 15.3 Å². The molecule has 4 nitrogen and oxygen atoms in total. The third-order valence-electron chi connectivity index (χ3n) is 4.57. The van der Waals surface area contributed by atoms with Crippen LogP contribution in [-0.4, -0.2) is 14.6 Å². The molecule has 0 spiro atoms. The predicted molar refractivity (Wildman–Crippen MR) is 110 cm³/mol. The minimum atomic E-state index is -0.130. The van der Waals surface area contributed by atoms with Crippen LogP contribution in [0.2, 0.25) is 0 Å². The van der Waals surface area contributed by atoms with Gasteiger partial charge in [0, 0.05) is 5.56 Å². The number of hydrogen-bond donors (Lipinski definition) is 0. The Morgan fingerprint density at radius 3 is 2.67 bits per heavy atom. The smallest absolute Gasteiger partial charge is 0.266 e. The molecule has 0 saturated carbocycles. The molecule has 0 aliphatic rings. The average Bonchev–Trinajstić information content (AvgIpc) is 3.22. The second-order valence-electron chi connectivity index (χ2n) is 6.48. The van der Waals surface area contributed by atoms with Gasteiger partial charge in [-0.15, -0.1) is 5.10 Å². The Kier molecular flexibility index (Phi) is 3.62. The SMILES string of the molecule is Cc1cccc(-c2nc3s/c(=C/c4cccc5ccccc45)c(=O)n3n2)c1. The first-order valence-corrected chi connectivity index (χ1v) is 9.47. The van der Waals surface area contributed by atoms with Gasteiger partial charge in [0.1, 0.15) is 0 Å². The van der Waals surface area contributed by atoms with Gasteiger partial charge in [-0.05, 0) is 35.4 Å². The van der Waals surface area contributed by atoms with Gasteiger partial charge in [-0.2, -0.15) is 9.50 Å². The molecule has 2 aromatic heterocycles. The largest absolute Gasteiger partial charge is 0.291 e. The van der Waals surface area contributed by atoms with E-state index in [1.54, 1.807) is 0 Å². The summed E-state index contributed by atoms with van der Waals surface area (Å²) in [5.74, 6) is 0.582. The summed E-state index contributed by atoms with van der Waals surface area (Å²) >= 11 is 1.37. The second-order valence-corrected chi connectivity index (χ2v) is 7.49. The van der Waals surface area contributed by atoms with E-state index in [2.05, 4.69) is 28.3 Å². The van der Waals surface area contributed by atoms with Crippen LogP contribution < -0.4 is 10.1 Å². The molecular weight excluding hydrogens is 354 g/mol. The molecule has 0 radical (unpaired) electrons. The predicted octanol–water partition coefficient (Wildman–Crippen LogP) is 3.83. The summed E-state index contributed by atoms with van der Waals surface area (Å²) in [7, 11) is 0. The maximum Gasteiger partial charge on any atom is 0.291 e. The summed E-state index contributed by atoms with van der Waals surface area (Å²) in [5.41, 5.74) is 2.95. The van der Waals surface area contributed by atoms with Gasteiger partial charge in [0.15, 0.2) is 5.82 Å². The Bertz CT molecular complexity index is 1410. The van der Waals surface area contributed by atoms with Crippen molar-refractivity contribution in [3.8, 4) is 11.4 Å². The molecule has 0 bridgehead atoms. The fourth-order valence-electron chi connectivity index (χ4n) is 3.26. The van der Waals surface area contributed by atoms with Crippen molar-refractivity contribution in [3.05, 3.63) is 92.7 Å². The maximum absolute atomic E-state index is 12.8. The summed E-state index contributed by atoms with van der Waals surface area (Å²) in [4.78, 5) is 18.0. The van der Waals surface area contributed by atoms with Crippen LogP contribution >= 0.6 is 11.3 Å². The number of nitrogens with zero attached hydrogens (tertiary/aromatic N) is 3. The van der Waals surface area contributed by atoms with E-state index in [1.807, 2.05) is 61.5 Å². The lowest BCUT2D eigenvalue weighted by atomic mass is 10.0. The maximum atomic E-state index is 12.8. The third kappa shape index (κ3) is 2.73. The zero-order valence-electron chi connectivity index (χ0n) is 14.6. The van der Waals surface area contributed by atoms with E-state index in [1.165, 1.54) is 15.9 Å². The van der Waals surface area contributed by atoms with Gasteiger partial charge >= 0.3 is 0 Å². The molecule has 0 N–H and O–H groups in total.